The van der Waals surface area contributed by atoms with Gasteiger partial charge in [-0.2, -0.15) is 5.26 Å². The number of aromatic amines is 1. The van der Waals surface area contributed by atoms with Crippen molar-refractivity contribution in [3.8, 4) is 6.07 Å². The molecule has 4 rings (SSSR count). The Morgan fingerprint density at radius 1 is 1.33 bits per heavy atom. The summed E-state index contributed by atoms with van der Waals surface area (Å²) >= 11 is 1.38. The number of H-pyrrole nitrogens is 1. The molecule has 138 valence electrons. The van der Waals surface area contributed by atoms with E-state index in [1.54, 1.807) is 11.0 Å². The Morgan fingerprint density at radius 3 is 2.81 bits per heavy atom. The first-order valence-corrected chi connectivity index (χ1v) is 9.89. The quantitative estimate of drug-likeness (QED) is 0.788. The van der Waals surface area contributed by atoms with E-state index in [0.29, 0.717) is 33.2 Å². The topological polar surface area (TPSA) is 110 Å². The van der Waals surface area contributed by atoms with E-state index < -0.39 is 5.97 Å². The van der Waals surface area contributed by atoms with Gasteiger partial charge in [0.2, 0.25) is 5.91 Å². The molecule has 2 aromatic rings. The van der Waals surface area contributed by atoms with Gasteiger partial charge < -0.3 is 15.0 Å². The molecule has 1 aliphatic heterocycles. The highest BCUT2D eigenvalue weighted by Crippen LogP contribution is 2.39. The number of rotatable bonds is 3. The Hall–Kier alpha value is -2.79. The number of imidazole rings is 1. The van der Waals surface area contributed by atoms with Crippen molar-refractivity contribution < 1.29 is 14.7 Å². The standard InChI is InChI=1S/C19H18N4O3S/c20-9-13(17-21-14-7-6-11(19(25)26)8-15(14)22-17)18-23(16(24)10-27-18)12-4-2-1-3-5-12/h6-8,12H,1-5,10H2,(H,21,22)(H,25,26)/b18-13+. The number of carboxylic acid groups (broad SMARTS) is 1. The minimum Gasteiger partial charge on any atom is -0.478 e. The van der Waals surface area contributed by atoms with Crippen LogP contribution in [0.5, 0.6) is 0 Å². The fourth-order valence-corrected chi connectivity index (χ4v) is 4.82. The van der Waals surface area contributed by atoms with Gasteiger partial charge in [-0.1, -0.05) is 31.0 Å². The number of nitriles is 1. The first kappa shape index (κ1) is 17.6. The lowest BCUT2D eigenvalue weighted by molar-refractivity contribution is -0.127. The van der Waals surface area contributed by atoms with Gasteiger partial charge in [0.25, 0.3) is 0 Å². The highest BCUT2D eigenvalue weighted by atomic mass is 32.2. The van der Waals surface area contributed by atoms with Gasteiger partial charge in [-0.25, -0.2) is 9.78 Å². The van der Waals surface area contributed by atoms with Crippen molar-refractivity contribution in [1.29, 1.82) is 5.26 Å². The van der Waals surface area contributed by atoms with E-state index in [-0.39, 0.29) is 17.5 Å². The molecular weight excluding hydrogens is 364 g/mol. The van der Waals surface area contributed by atoms with Gasteiger partial charge in [0.1, 0.15) is 16.7 Å². The lowest BCUT2D eigenvalue weighted by atomic mass is 9.94. The SMILES string of the molecule is N#C/C(=C1\SCC(=O)N1C1CCCCC1)c1nc2ccc(C(=O)O)cc2[nH]1. The van der Waals surface area contributed by atoms with Gasteiger partial charge in [0, 0.05) is 6.04 Å². The third kappa shape index (κ3) is 3.19. The van der Waals surface area contributed by atoms with Crippen LogP contribution in [0.25, 0.3) is 16.6 Å². The smallest absolute Gasteiger partial charge is 0.335 e. The van der Waals surface area contributed by atoms with Gasteiger partial charge in [-0.05, 0) is 31.0 Å². The lowest BCUT2D eigenvalue weighted by Crippen LogP contribution is -2.37. The van der Waals surface area contributed by atoms with Crippen molar-refractivity contribution in [2.75, 3.05) is 5.75 Å². The van der Waals surface area contributed by atoms with Gasteiger partial charge in [0.05, 0.1) is 22.3 Å². The second kappa shape index (κ2) is 7.08. The molecule has 0 radical (unpaired) electrons. The van der Waals surface area contributed by atoms with Crippen LogP contribution < -0.4 is 0 Å². The summed E-state index contributed by atoms with van der Waals surface area (Å²) in [6.07, 6.45) is 5.28. The lowest BCUT2D eigenvalue weighted by Gasteiger charge is -2.31. The number of aromatic nitrogens is 2. The molecule has 2 heterocycles. The van der Waals surface area contributed by atoms with Gasteiger partial charge in [-0.15, -0.1) is 0 Å². The van der Waals surface area contributed by atoms with E-state index in [1.807, 2.05) is 0 Å². The van der Waals surface area contributed by atoms with Crippen LogP contribution in [-0.4, -0.2) is 43.6 Å². The van der Waals surface area contributed by atoms with E-state index in [1.165, 1.54) is 30.3 Å². The number of hydrogen-bond acceptors (Lipinski definition) is 5. The number of nitrogens with one attached hydrogen (secondary N) is 1. The molecule has 1 aromatic heterocycles. The van der Waals surface area contributed by atoms with Crippen molar-refractivity contribution in [1.82, 2.24) is 14.9 Å². The predicted octanol–water partition coefficient (Wildman–Crippen LogP) is 3.36. The van der Waals surface area contributed by atoms with E-state index in [4.69, 9.17) is 5.11 Å². The second-order valence-electron chi connectivity index (χ2n) is 6.76. The van der Waals surface area contributed by atoms with Crippen molar-refractivity contribution in [2.45, 2.75) is 38.1 Å². The zero-order valence-electron chi connectivity index (χ0n) is 14.6. The number of nitrogens with zero attached hydrogens (tertiary/aromatic N) is 3. The molecule has 7 nitrogen and oxygen atoms in total. The summed E-state index contributed by atoms with van der Waals surface area (Å²) in [7, 11) is 0. The van der Waals surface area contributed by atoms with Crippen molar-refractivity contribution in [3.05, 3.63) is 34.6 Å². The molecule has 2 fully saturated rings. The summed E-state index contributed by atoms with van der Waals surface area (Å²) in [5.41, 5.74) is 1.63. The Kier molecular flexibility index (Phi) is 4.62. The molecule has 1 aliphatic carbocycles. The van der Waals surface area contributed by atoms with Crippen LogP contribution in [-0.2, 0) is 4.79 Å². The molecule has 1 saturated heterocycles. The van der Waals surface area contributed by atoms with E-state index in [2.05, 4.69) is 16.0 Å². The fraction of sp³-hybridized carbons (Fsp3) is 0.368. The summed E-state index contributed by atoms with van der Waals surface area (Å²) in [5.74, 6) is -0.278. The molecule has 0 unspecified atom stereocenters. The monoisotopic (exact) mass is 382 g/mol. The fourth-order valence-electron chi connectivity index (χ4n) is 3.75. The maximum absolute atomic E-state index is 12.5. The summed E-state index contributed by atoms with van der Waals surface area (Å²) in [5, 5.41) is 19.6. The summed E-state index contributed by atoms with van der Waals surface area (Å²) in [6.45, 7) is 0. The molecule has 2 aliphatic rings. The number of allylic oxidation sites excluding steroid dienone is 1. The Morgan fingerprint density at radius 2 is 2.11 bits per heavy atom. The zero-order valence-corrected chi connectivity index (χ0v) is 15.4. The molecule has 0 spiro atoms. The molecule has 1 aromatic carbocycles. The number of thioether (sulfide) groups is 1. The van der Waals surface area contributed by atoms with Crippen molar-refractivity contribution in [2.24, 2.45) is 0 Å². The second-order valence-corrected chi connectivity index (χ2v) is 7.72. The average molecular weight is 382 g/mol. The maximum atomic E-state index is 12.5. The molecule has 0 atom stereocenters. The number of aromatic carboxylic acids is 1. The Bertz CT molecular complexity index is 998. The minimum absolute atomic E-state index is 0.0407. The van der Waals surface area contributed by atoms with Gasteiger partial charge in [0.15, 0.2) is 5.82 Å². The molecule has 27 heavy (non-hydrogen) atoms. The third-order valence-corrected chi connectivity index (χ3v) is 6.12. The minimum atomic E-state index is -1.02. The number of amides is 1. The van der Waals surface area contributed by atoms with Gasteiger partial charge in [-0.3, -0.25) is 4.79 Å². The number of hydrogen-bond donors (Lipinski definition) is 2. The van der Waals surface area contributed by atoms with Crippen LogP contribution in [0.2, 0.25) is 0 Å². The highest BCUT2D eigenvalue weighted by Gasteiger charge is 2.36. The van der Waals surface area contributed by atoms with Crippen LogP contribution in [0.4, 0.5) is 0 Å². The van der Waals surface area contributed by atoms with Crippen LogP contribution >= 0.6 is 11.8 Å². The number of benzene rings is 1. The largest absolute Gasteiger partial charge is 0.478 e. The van der Waals surface area contributed by atoms with Crippen LogP contribution in [0.3, 0.4) is 0 Å². The normalized spacial score (nSPS) is 20.1. The maximum Gasteiger partial charge on any atom is 0.335 e. The highest BCUT2D eigenvalue weighted by molar-refractivity contribution is 8.04. The van der Waals surface area contributed by atoms with Crippen molar-refractivity contribution >= 4 is 40.2 Å². The molecule has 8 heteroatoms. The number of carbonyl (C=O) groups is 2. The molecule has 1 saturated carbocycles. The Balaban J connectivity index is 1.77. The number of fused-ring (bicyclic) bond motifs is 1. The molecule has 0 bridgehead atoms. The first-order chi connectivity index (χ1) is 13.1. The van der Waals surface area contributed by atoms with Crippen molar-refractivity contribution in [3.63, 3.8) is 0 Å². The predicted molar refractivity (Wildman–Crippen MR) is 102 cm³/mol. The summed E-state index contributed by atoms with van der Waals surface area (Å²) in [6, 6.07) is 6.94. The van der Waals surface area contributed by atoms with Gasteiger partial charge >= 0.3 is 5.97 Å². The van der Waals surface area contributed by atoms with Crippen LogP contribution in [0.1, 0.15) is 48.3 Å². The van der Waals surface area contributed by atoms with Crippen LogP contribution in [0, 0.1) is 11.3 Å². The van der Waals surface area contributed by atoms with E-state index >= 15 is 0 Å². The summed E-state index contributed by atoms with van der Waals surface area (Å²) in [4.78, 5) is 32.9. The molecular formula is C19H18N4O3S. The van der Waals surface area contributed by atoms with E-state index in [0.717, 1.165) is 25.7 Å². The molecule has 1 amide bonds. The number of carbonyl (C=O) groups excluding carboxylic acids is 1. The summed E-state index contributed by atoms with van der Waals surface area (Å²) < 4.78 is 0. The Labute approximate surface area is 160 Å². The molecule has 2 N–H and O–H groups in total. The van der Waals surface area contributed by atoms with Crippen LogP contribution in [0.15, 0.2) is 23.2 Å². The number of carboxylic acids is 1. The zero-order chi connectivity index (χ0) is 19.0. The van der Waals surface area contributed by atoms with E-state index in [9.17, 15) is 14.9 Å². The third-order valence-electron chi connectivity index (χ3n) is 5.05. The first-order valence-electron chi connectivity index (χ1n) is 8.91. The average Bonchev–Trinajstić information content (AvgIpc) is 3.26.